The lowest BCUT2D eigenvalue weighted by Gasteiger charge is -2.18. The number of sulfonamides is 1. The zero-order chi connectivity index (χ0) is 28.4. The van der Waals surface area contributed by atoms with Crippen molar-refractivity contribution in [1.29, 1.82) is 0 Å². The highest BCUT2D eigenvalue weighted by atomic mass is 32.2. The zero-order valence-corrected chi connectivity index (χ0v) is 23.6. The molecule has 2 aromatic carbocycles. The number of oxazole rings is 1. The number of fused-ring (bicyclic) bond motifs is 1. The summed E-state index contributed by atoms with van der Waals surface area (Å²) in [6, 6.07) is 17.7. The Hall–Kier alpha value is -4.33. The predicted octanol–water partition coefficient (Wildman–Crippen LogP) is 4.17. The Balaban J connectivity index is 1.46. The number of hydrogen-bond donors (Lipinski definition) is 1. The fourth-order valence-corrected chi connectivity index (χ4v) is 5.31. The lowest BCUT2D eigenvalue weighted by atomic mass is 10.2. The van der Waals surface area contributed by atoms with E-state index in [9.17, 15) is 18.0 Å². The van der Waals surface area contributed by atoms with Crippen molar-refractivity contribution < 1.29 is 22.4 Å². The average molecular weight is 579 g/mol. The van der Waals surface area contributed by atoms with Crippen molar-refractivity contribution in [3.8, 4) is 10.6 Å². The molecule has 1 N–H and O–H groups in total. The summed E-state index contributed by atoms with van der Waals surface area (Å²) in [7, 11) is -0.233. The molecule has 206 valence electrons. The number of anilines is 2. The van der Waals surface area contributed by atoms with Crippen molar-refractivity contribution >= 4 is 55.8 Å². The minimum absolute atomic E-state index is 0.163. The topological polar surface area (TPSA) is 131 Å². The third-order valence-electron chi connectivity index (χ3n) is 6.38. The summed E-state index contributed by atoms with van der Waals surface area (Å²) in [4.78, 5) is 37.4. The van der Waals surface area contributed by atoms with Crippen LogP contribution in [0.1, 0.15) is 20.0 Å². The number of amides is 2. The van der Waals surface area contributed by atoms with Crippen molar-refractivity contribution in [2.75, 3.05) is 37.1 Å². The standard InChI is InChI=1S/C27H26N6O5S2/c1-31(40(3,36)37)13-14-33-21-10-9-19(32(2)26(35)18-7-5-4-6-8-18)15-20(21)29-27(33)30-25(34)24-12-11-23(39-24)22-16-28-17-38-22/h4-12,15-17H,13-14H2,1-3H3,(H,29,30,34). The Morgan fingerprint density at radius 1 is 1.07 bits per heavy atom. The normalized spacial score (nSPS) is 11.7. The van der Waals surface area contributed by atoms with Crippen LogP contribution in [0.15, 0.2) is 77.7 Å². The van der Waals surface area contributed by atoms with Gasteiger partial charge in [0.2, 0.25) is 16.0 Å². The summed E-state index contributed by atoms with van der Waals surface area (Å²) in [5.74, 6) is 0.260. The van der Waals surface area contributed by atoms with Gasteiger partial charge >= 0.3 is 0 Å². The molecule has 0 spiro atoms. The highest BCUT2D eigenvalue weighted by Crippen LogP contribution is 2.30. The van der Waals surface area contributed by atoms with E-state index in [0.717, 1.165) is 11.1 Å². The number of likely N-dealkylation sites (N-methyl/N-ethyl adjacent to an activating group) is 1. The monoisotopic (exact) mass is 578 g/mol. The molecular formula is C27H26N6O5S2. The molecule has 11 nitrogen and oxygen atoms in total. The quantitative estimate of drug-likeness (QED) is 0.278. The zero-order valence-electron chi connectivity index (χ0n) is 21.9. The van der Waals surface area contributed by atoms with Crippen LogP contribution in [-0.4, -0.2) is 66.0 Å². The maximum Gasteiger partial charge on any atom is 0.268 e. The van der Waals surface area contributed by atoms with Gasteiger partial charge in [0.1, 0.15) is 0 Å². The van der Waals surface area contributed by atoms with E-state index in [2.05, 4.69) is 15.3 Å². The number of imidazole rings is 1. The molecular weight excluding hydrogens is 552 g/mol. The van der Waals surface area contributed by atoms with E-state index >= 15 is 0 Å². The molecule has 2 amide bonds. The summed E-state index contributed by atoms with van der Waals surface area (Å²) in [5.41, 5.74) is 2.38. The average Bonchev–Trinajstić information content (AvgIpc) is 3.70. The maximum atomic E-state index is 13.2. The largest absolute Gasteiger partial charge is 0.443 e. The number of carbonyl (C=O) groups excluding carboxylic acids is 2. The number of thiophene rings is 1. The summed E-state index contributed by atoms with van der Waals surface area (Å²) in [5, 5.41) is 2.86. The van der Waals surface area contributed by atoms with Crippen molar-refractivity contribution in [2.24, 2.45) is 0 Å². The third kappa shape index (κ3) is 5.66. The number of aromatic nitrogens is 3. The molecule has 0 unspecified atom stereocenters. The van der Waals surface area contributed by atoms with Crippen LogP contribution in [0.2, 0.25) is 0 Å². The highest BCUT2D eigenvalue weighted by Gasteiger charge is 2.20. The Labute approximate surface area is 234 Å². The molecule has 0 saturated heterocycles. The van der Waals surface area contributed by atoms with E-state index < -0.39 is 10.0 Å². The molecule has 13 heteroatoms. The summed E-state index contributed by atoms with van der Waals surface area (Å²) < 4.78 is 32.3. The minimum atomic E-state index is -3.41. The van der Waals surface area contributed by atoms with Gasteiger partial charge in [-0.05, 0) is 42.5 Å². The lowest BCUT2D eigenvalue weighted by Crippen LogP contribution is -2.29. The predicted molar refractivity (Wildman–Crippen MR) is 154 cm³/mol. The van der Waals surface area contributed by atoms with Crippen LogP contribution >= 0.6 is 11.3 Å². The Morgan fingerprint density at radius 2 is 1.85 bits per heavy atom. The van der Waals surface area contributed by atoms with Crippen LogP contribution in [0.4, 0.5) is 11.6 Å². The Kier molecular flexibility index (Phi) is 7.52. The number of hydrogen-bond acceptors (Lipinski definition) is 8. The van der Waals surface area contributed by atoms with Gasteiger partial charge in [-0.1, -0.05) is 18.2 Å². The second-order valence-electron chi connectivity index (χ2n) is 9.06. The Morgan fingerprint density at radius 3 is 2.55 bits per heavy atom. The van der Waals surface area contributed by atoms with Gasteiger partial charge in [-0.2, -0.15) is 0 Å². The van der Waals surface area contributed by atoms with E-state index in [1.165, 1.54) is 34.0 Å². The van der Waals surface area contributed by atoms with Crippen LogP contribution in [0.25, 0.3) is 21.7 Å². The van der Waals surface area contributed by atoms with Crippen molar-refractivity contribution in [3.05, 3.63) is 83.7 Å². The second-order valence-corrected chi connectivity index (χ2v) is 12.2. The first-order valence-corrected chi connectivity index (χ1v) is 14.8. The van der Waals surface area contributed by atoms with E-state index in [1.54, 1.807) is 72.4 Å². The number of carbonyl (C=O) groups is 2. The minimum Gasteiger partial charge on any atom is -0.443 e. The van der Waals surface area contributed by atoms with Gasteiger partial charge in [0.15, 0.2) is 12.2 Å². The second kappa shape index (κ2) is 11.0. The molecule has 0 aliphatic rings. The third-order valence-corrected chi connectivity index (χ3v) is 8.79. The molecule has 0 bridgehead atoms. The summed E-state index contributed by atoms with van der Waals surface area (Å²) in [6.45, 7) is 0.400. The summed E-state index contributed by atoms with van der Waals surface area (Å²) >= 11 is 1.25. The van der Waals surface area contributed by atoms with Gasteiger partial charge in [0.25, 0.3) is 11.8 Å². The van der Waals surface area contributed by atoms with Crippen LogP contribution in [-0.2, 0) is 16.6 Å². The number of nitrogens with zero attached hydrogens (tertiary/aromatic N) is 5. The first-order chi connectivity index (χ1) is 19.1. The molecule has 3 heterocycles. The first-order valence-electron chi connectivity index (χ1n) is 12.2. The van der Waals surface area contributed by atoms with Crippen LogP contribution in [0.3, 0.4) is 0 Å². The molecule has 0 radical (unpaired) electrons. The smallest absolute Gasteiger partial charge is 0.268 e. The van der Waals surface area contributed by atoms with E-state index in [-0.39, 0.29) is 30.9 Å². The maximum absolute atomic E-state index is 13.2. The fourth-order valence-electron chi connectivity index (χ4n) is 4.04. The van der Waals surface area contributed by atoms with Crippen LogP contribution in [0.5, 0.6) is 0 Å². The molecule has 0 aliphatic carbocycles. The van der Waals surface area contributed by atoms with Gasteiger partial charge in [-0.25, -0.2) is 22.7 Å². The Bertz CT molecular complexity index is 1780. The molecule has 0 atom stereocenters. The molecule has 3 aromatic heterocycles. The van der Waals surface area contributed by atoms with Gasteiger partial charge in [-0.3, -0.25) is 14.9 Å². The fraction of sp³-hybridized carbons (Fsp3) is 0.185. The van der Waals surface area contributed by atoms with Gasteiger partial charge < -0.3 is 13.9 Å². The van der Waals surface area contributed by atoms with E-state index in [4.69, 9.17) is 4.42 Å². The van der Waals surface area contributed by atoms with E-state index in [1.807, 2.05) is 6.07 Å². The van der Waals surface area contributed by atoms with Gasteiger partial charge in [-0.15, -0.1) is 11.3 Å². The van der Waals surface area contributed by atoms with Crippen molar-refractivity contribution in [2.45, 2.75) is 6.54 Å². The molecule has 0 aliphatic heterocycles. The van der Waals surface area contributed by atoms with Crippen molar-refractivity contribution in [3.63, 3.8) is 0 Å². The molecule has 0 fully saturated rings. The van der Waals surface area contributed by atoms with Gasteiger partial charge in [0, 0.05) is 38.4 Å². The molecule has 40 heavy (non-hydrogen) atoms. The lowest BCUT2D eigenvalue weighted by molar-refractivity contribution is 0.0991. The number of rotatable bonds is 9. The molecule has 5 aromatic rings. The summed E-state index contributed by atoms with van der Waals surface area (Å²) in [6.07, 6.45) is 4.03. The number of nitrogens with one attached hydrogen (secondary N) is 1. The highest BCUT2D eigenvalue weighted by molar-refractivity contribution is 7.88. The number of benzene rings is 2. The van der Waals surface area contributed by atoms with Gasteiger partial charge in [0.05, 0.1) is 33.2 Å². The SMILES string of the molecule is CN(C(=O)c1ccccc1)c1ccc2c(c1)nc(NC(=O)c1ccc(-c3cnco3)s1)n2CCN(C)S(C)(=O)=O. The molecule has 5 rings (SSSR count). The van der Waals surface area contributed by atoms with E-state index in [0.29, 0.717) is 32.9 Å². The first kappa shape index (κ1) is 27.2. The molecule has 0 saturated carbocycles. The van der Waals surface area contributed by atoms with Crippen LogP contribution < -0.4 is 10.2 Å². The van der Waals surface area contributed by atoms with Crippen molar-refractivity contribution in [1.82, 2.24) is 18.8 Å². The van der Waals surface area contributed by atoms with Crippen LogP contribution in [0, 0.1) is 0 Å².